The lowest BCUT2D eigenvalue weighted by atomic mass is 10.2. The number of nitrogens with zero attached hydrogens (tertiary/aromatic N) is 1. The van der Waals surface area contributed by atoms with Crippen LogP contribution in [0.5, 0.6) is 0 Å². The monoisotopic (exact) mass is 349 g/mol. The molecule has 1 aliphatic heterocycles. The molecule has 0 spiro atoms. The van der Waals surface area contributed by atoms with Crippen LogP contribution in [0.1, 0.15) is 12.0 Å². The molecular weight excluding hydrogens is 334 g/mol. The van der Waals surface area contributed by atoms with Crippen LogP contribution >= 0.6 is 22.9 Å². The average Bonchev–Trinajstić information content (AvgIpc) is 3.09. The lowest BCUT2D eigenvalue weighted by molar-refractivity contribution is -0.129. The van der Waals surface area contributed by atoms with Gasteiger partial charge in [0.05, 0.1) is 5.69 Å². The summed E-state index contributed by atoms with van der Waals surface area (Å²) in [5, 5.41) is 7.17. The van der Waals surface area contributed by atoms with Crippen molar-refractivity contribution >= 4 is 40.6 Å². The lowest BCUT2D eigenvalue weighted by Gasteiger charge is -2.17. The Labute approximate surface area is 143 Å². The molecule has 1 fully saturated rings. The largest absolute Gasteiger partial charge is 0.336 e. The first kappa shape index (κ1) is 15.8. The van der Waals surface area contributed by atoms with Crippen LogP contribution < -0.4 is 10.6 Å². The molecule has 2 heterocycles. The lowest BCUT2D eigenvalue weighted by Crippen LogP contribution is -2.43. The Kier molecular flexibility index (Phi) is 4.83. The number of benzene rings is 1. The number of anilines is 1. The highest BCUT2D eigenvalue weighted by atomic mass is 35.5. The molecule has 0 radical (unpaired) electrons. The van der Waals surface area contributed by atoms with Crippen LogP contribution in [0, 0.1) is 0 Å². The highest BCUT2D eigenvalue weighted by Crippen LogP contribution is 2.27. The number of halogens is 1. The van der Waals surface area contributed by atoms with Crippen LogP contribution in [0.2, 0.25) is 4.34 Å². The van der Waals surface area contributed by atoms with Crippen molar-refractivity contribution in [1.82, 2.24) is 10.2 Å². The van der Waals surface area contributed by atoms with Gasteiger partial charge in [0.25, 0.3) is 0 Å². The minimum absolute atomic E-state index is 0.0552. The molecular formula is C16H16ClN3O2S. The van der Waals surface area contributed by atoms with Gasteiger partial charge in [0, 0.05) is 13.1 Å². The first-order chi connectivity index (χ1) is 11.1. The third-order valence-electron chi connectivity index (χ3n) is 3.69. The number of carbonyl (C=O) groups is 2. The number of rotatable bonds is 4. The quantitative estimate of drug-likeness (QED) is 0.889. The van der Waals surface area contributed by atoms with E-state index in [1.807, 2.05) is 30.3 Å². The summed E-state index contributed by atoms with van der Waals surface area (Å²) in [7, 11) is 0. The van der Waals surface area contributed by atoms with E-state index in [4.69, 9.17) is 11.6 Å². The summed E-state index contributed by atoms with van der Waals surface area (Å²) in [5.74, 6) is -0.0552. The van der Waals surface area contributed by atoms with Gasteiger partial charge < -0.3 is 15.5 Å². The van der Waals surface area contributed by atoms with Crippen molar-refractivity contribution in [1.29, 1.82) is 0 Å². The molecule has 1 aromatic heterocycles. The molecule has 1 aromatic carbocycles. The minimum Gasteiger partial charge on any atom is -0.336 e. The Morgan fingerprint density at radius 2 is 2.09 bits per heavy atom. The normalized spacial score (nSPS) is 17.3. The van der Waals surface area contributed by atoms with Gasteiger partial charge >= 0.3 is 6.03 Å². The molecule has 1 aliphatic rings. The third kappa shape index (κ3) is 3.83. The fourth-order valence-electron chi connectivity index (χ4n) is 2.53. The van der Waals surface area contributed by atoms with Gasteiger partial charge in [0.1, 0.15) is 10.4 Å². The summed E-state index contributed by atoms with van der Waals surface area (Å²) in [5.41, 5.74) is 1.64. The Morgan fingerprint density at radius 3 is 2.78 bits per heavy atom. The molecule has 1 atom stereocenters. The second-order valence-electron chi connectivity index (χ2n) is 5.29. The topological polar surface area (TPSA) is 61.4 Å². The smallest absolute Gasteiger partial charge is 0.319 e. The van der Waals surface area contributed by atoms with E-state index >= 15 is 0 Å². The zero-order chi connectivity index (χ0) is 16.2. The maximum atomic E-state index is 12.4. The van der Waals surface area contributed by atoms with Crippen LogP contribution in [0.15, 0.2) is 41.8 Å². The molecule has 0 saturated carbocycles. The number of hydrogen-bond acceptors (Lipinski definition) is 3. The second kappa shape index (κ2) is 7.02. The van der Waals surface area contributed by atoms with Gasteiger partial charge in [0.15, 0.2) is 0 Å². The predicted octanol–water partition coefficient (Wildman–Crippen LogP) is 3.32. The van der Waals surface area contributed by atoms with E-state index in [1.54, 1.807) is 16.3 Å². The number of thiophene rings is 1. The van der Waals surface area contributed by atoms with Crippen molar-refractivity contribution in [2.24, 2.45) is 0 Å². The van der Waals surface area contributed by atoms with Crippen molar-refractivity contribution in [3.63, 3.8) is 0 Å². The number of likely N-dealkylation sites (tertiary alicyclic amines) is 1. The fourth-order valence-corrected chi connectivity index (χ4v) is 3.37. The van der Waals surface area contributed by atoms with Gasteiger partial charge in [-0.05, 0) is 23.4 Å². The standard InChI is InChI=1S/C16H16ClN3O2S/c17-14-12(7-9-23-14)18-16(22)19-13-6-8-20(15(13)21)10-11-4-2-1-3-5-11/h1-5,7,9,13H,6,8,10H2,(H2,18,19,22). The molecule has 0 aliphatic carbocycles. The molecule has 120 valence electrons. The van der Waals surface area contributed by atoms with Crippen molar-refractivity contribution in [3.8, 4) is 0 Å². The Balaban J connectivity index is 1.54. The first-order valence-corrected chi connectivity index (χ1v) is 8.52. The Hall–Kier alpha value is -2.05. The molecule has 1 unspecified atom stereocenters. The van der Waals surface area contributed by atoms with Crippen LogP contribution in [-0.2, 0) is 11.3 Å². The van der Waals surface area contributed by atoms with E-state index < -0.39 is 12.1 Å². The summed E-state index contributed by atoms with van der Waals surface area (Å²) >= 11 is 7.28. The molecule has 3 amide bonds. The average molecular weight is 350 g/mol. The van der Waals surface area contributed by atoms with E-state index in [9.17, 15) is 9.59 Å². The molecule has 2 aromatic rings. The van der Waals surface area contributed by atoms with E-state index in [0.717, 1.165) is 5.56 Å². The zero-order valence-electron chi connectivity index (χ0n) is 12.3. The maximum Gasteiger partial charge on any atom is 0.319 e. The van der Waals surface area contributed by atoms with Gasteiger partial charge in [-0.2, -0.15) is 0 Å². The Bertz CT molecular complexity index is 704. The number of amides is 3. The van der Waals surface area contributed by atoms with E-state index in [2.05, 4.69) is 10.6 Å². The van der Waals surface area contributed by atoms with Crippen molar-refractivity contribution in [2.45, 2.75) is 19.0 Å². The summed E-state index contributed by atoms with van der Waals surface area (Å²) in [6, 6.07) is 10.6. The Morgan fingerprint density at radius 1 is 1.30 bits per heavy atom. The van der Waals surface area contributed by atoms with Crippen LogP contribution in [0.4, 0.5) is 10.5 Å². The van der Waals surface area contributed by atoms with Crippen molar-refractivity contribution in [2.75, 3.05) is 11.9 Å². The molecule has 1 saturated heterocycles. The van der Waals surface area contributed by atoms with Crippen LogP contribution in [0.3, 0.4) is 0 Å². The second-order valence-corrected chi connectivity index (χ2v) is 6.81. The highest BCUT2D eigenvalue weighted by Gasteiger charge is 2.32. The SMILES string of the molecule is O=C(Nc1ccsc1Cl)NC1CCN(Cc2ccccc2)C1=O. The molecule has 7 heteroatoms. The van der Waals surface area contributed by atoms with Gasteiger partial charge in [-0.1, -0.05) is 41.9 Å². The summed E-state index contributed by atoms with van der Waals surface area (Å²) in [6.45, 7) is 1.20. The first-order valence-electron chi connectivity index (χ1n) is 7.26. The minimum atomic E-state index is -0.490. The number of carbonyl (C=O) groups excluding carboxylic acids is 2. The van der Waals surface area contributed by atoms with Crippen LogP contribution in [-0.4, -0.2) is 29.4 Å². The highest BCUT2D eigenvalue weighted by molar-refractivity contribution is 7.15. The van der Waals surface area contributed by atoms with E-state index in [-0.39, 0.29) is 5.91 Å². The van der Waals surface area contributed by atoms with Crippen molar-refractivity contribution < 1.29 is 9.59 Å². The number of urea groups is 1. The van der Waals surface area contributed by atoms with E-state index in [1.165, 1.54) is 11.3 Å². The molecule has 3 rings (SSSR count). The number of hydrogen-bond donors (Lipinski definition) is 2. The molecule has 5 nitrogen and oxygen atoms in total. The molecule has 23 heavy (non-hydrogen) atoms. The number of nitrogens with one attached hydrogen (secondary N) is 2. The maximum absolute atomic E-state index is 12.4. The predicted molar refractivity (Wildman–Crippen MR) is 91.7 cm³/mol. The van der Waals surface area contributed by atoms with Gasteiger partial charge in [-0.15, -0.1) is 11.3 Å². The fraction of sp³-hybridized carbons (Fsp3) is 0.250. The summed E-state index contributed by atoms with van der Waals surface area (Å²) in [6.07, 6.45) is 0.608. The van der Waals surface area contributed by atoms with Gasteiger partial charge in [-0.3, -0.25) is 4.79 Å². The molecule has 2 N–H and O–H groups in total. The molecule has 0 bridgehead atoms. The third-order valence-corrected chi connectivity index (χ3v) is 4.86. The summed E-state index contributed by atoms with van der Waals surface area (Å²) in [4.78, 5) is 26.1. The van der Waals surface area contributed by atoms with Gasteiger partial charge in [0.2, 0.25) is 5.91 Å². The van der Waals surface area contributed by atoms with Crippen molar-refractivity contribution in [3.05, 3.63) is 51.7 Å². The van der Waals surface area contributed by atoms with E-state index in [0.29, 0.717) is 29.5 Å². The van der Waals surface area contributed by atoms with Crippen LogP contribution in [0.25, 0.3) is 0 Å². The zero-order valence-corrected chi connectivity index (χ0v) is 13.9. The summed E-state index contributed by atoms with van der Waals surface area (Å²) < 4.78 is 0.517. The van der Waals surface area contributed by atoms with Gasteiger partial charge in [-0.25, -0.2) is 4.79 Å².